The molecule has 3 heterocycles. The zero-order valence-electron chi connectivity index (χ0n) is 19.2. The zero-order chi connectivity index (χ0) is 24.4. The van der Waals surface area contributed by atoms with Crippen molar-refractivity contribution in [2.75, 3.05) is 18.4 Å². The average Bonchev–Trinajstić information content (AvgIpc) is 3.50. The minimum Gasteiger partial charge on any atom is -0.365 e. The van der Waals surface area contributed by atoms with Gasteiger partial charge < -0.3 is 11.1 Å². The van der Waals surface area contributed by atoms with Gasteiger partial charge >= 0.3 is 0 Å². The molecule has 0 saturated carbocycles. The highest BCUT2D eigenvalue weighted by molar-refractivity contribution is 5.98. The molecule has 0 atom stereocenters. The molecule has 1 amide bonds. The van der Waals surface area contributed by atoms with Crippen molar-refractivity contribution < 1.29 is 9.18 Å². The van der Waals surface area contributed by atoms with E-state index in [9.17, 15) is 14.4 Å². The van der Waals surface area contributed by atoms with Crippen LogP contribution in [0.3, 0.4) is 0 Å². The minimum atomic E-state index is -0.620. The number of allylic oxidation sites excluding steroid dienone is 1. The van der Waals surface area contributed by atoms with Crippen molar-refractivity contribution >= 4 is 23.5 Å². The summed E-state index contributed by atoms with van der Waals surface area (Å²) in [5, 5.41) is 17.3. The molecule has 3 N–H and O–H groups in total. The molecule has 1 aliphatic carbocycles. The van der Waals surface area contributed by atoms with E-state index in [1.165, 1.54) is 23.3 Å². The van der Waals surface area contributed by atoms with Crippen molar-refractivity contribution in [3.63, 3.8) is 0 Å². The number of pyridine rings is 1. The Labute approximate surface area is 202 Å². The van der Waals surface area contributed by atoms with Gasteiger partial charge in [0.2, 0.25) is 0 Å². The predicted molar refractivity (Wildman–Crippen MR) is 130 cm³/mol. The third-order valence-corrected chi connectivity index (χ3v) is 6.92. The van der Waals surface area contributed by atoms with E-state index in [4.69, 9.17) is 5.73 Å². The second-order valence-electron chi connectivity index (χ2n) is 9.10. The van der Waals surface area contributed by atoms with E-state index < -0.39 is 11.4 Å². The molecular weight excluding hydrogens is 445 g/mol. The van der Waals surface area contributed by atoms with Gasteiger partial charge in [0.05, 0.1) is 23.7 Å². The van der Waals surface area contributed by atoms with E-state index in [1.54, 1.807) is 23.0 Å². The predicted octanol–water partition coefficient (Wildman–Crippen LogP) is 3.73. The van der Waals surface area contributed by atoms with Gasteiger partial charge in [0.25, 0.3) is 5.91 Å². The molecule has 5 rings (SSSR count). The monoisotopic (exact) mass is 471 g/mol. The van der Waals surface area contributed by atoms with Crippen molar-refractivity contribution in [3.8, 4) is 6.07 Å². The smallest absolute Gasteiger partial charge is 0.254 e. The largest absolute Gasteiger partial charge is 0.365 e. The Morgan fingerprint density at radius 2 is 2.00 bits per heavy atom. The molecule has 0 radical (unpaired) electrons. The third-order valence-electron chi connectivity index (χ3n) is 6.92. The lowest BCUT2D eigenvalue weighted by Crippen LogP contribution is -2.46. The molecule has 35 heavy (non-hydrogen) atoms. The number of carbonyl (C=O) groups is 1. The van der Waals surface area contributed by atoms with Crippen molar-refractivity contribution in [2.24, 2.45) is 5.73 Å². The van der Waals surface area contributed by atoms with Crippen molar-refractivity contribution in [1.82, 2.24) is 19.7 Å². The first-order chi connectivity index (χ1) is 17.0. The summed E-state index contributed by atoms with van der Waals surface area (Å²) in [5.74, 6) is -0.684. The molecule has 8 nitrogen and oxygen atoms in total. The fourth-order valence-electron chi connectivity index (χ4n) is 4.92. The summed E-state index contributed by atoms with van der Waals surface area (Å²) in [5.41, 5.74) is 9.50. The van der Waals surface area contributed by atoms with Crippen LogP contribution in [0.1, 0.15) is 46.4 Å². The maximum Gasteiger partial charge on any atom is 0.254 e. The number of amides is 1. The van der Waals surface area contributed by atoms with Crippen LogP contribution in [0, 0.1) is 17.1 Å². The van der Waals surface area contributed by atoms with Crippen LogP contribution >= 0.6 is 0 Å². The quantitative estimate of drug-likeness (QED) is 0.543. The summed E-state index contributed by atoms with van der Waals surface area (Å²) >= 11 is 0. The van der Waals surface area contributed by atoms with Gasteiger partial charge in [0.15, 0.2) is 5.82 Å². The van der Waals surface area contributed by atoms with E-state index in [2.05, 4.69) is 44.6 Å². The topological polar surface area (TPSA) is 113 Å². The van der Waals surface area contributed by atoms with Crippen LogP contribution in [0.2, 0.25) is 0 Å². The van der Waals surface area contributed by atoms with Crippen molar-refractivity contribution in [1.29, 1.82) is 5.26 Å². The third kappa shape index (κ3) is 4.53. The van der Waals surface area contributed by atoms with Gasteiger partial charge in [-0.25, -0.2) is 4.39 Å². The molecule has 2 aliphatic rings. The second-order valence-corrected chi connectivity index (χ2v) is 9.10. The van der Waals surface area contributed by atoms with Crippen LogP contribution in [0.4, 0.5) is 15.9 Å². The lowest BCUT2D eigenvalue weighted by atomic mass is 9.84. The number of hydrogen-bond donors (Lipinski definition) is 2. The van der Waals surface area contributed by atoms with Gasteiger partial charge in [0.1, 0.15) is 11.4 Å². The second kappa shape index (κ2) is 9.31. The molecule has 1 saturated heterocycles. The van der Waals surface area contributed by atoms with Crippen molar-refractivity contribution in [3.05, 3.63) is 77.0 Å². The lowest BCUT2D eigenvalue weighted by Gasteiger charge is -2.41. The number of fused-ring (bicyclic) bond motifs is 1. The van der Waals surface area contributed by atoms with E-state index in [0.717, 1.165) is 31.7 Å². The van der Waals surface area contributed by atoms with E-state index in [-0.39, 0.29) is 17.8 Å². The SMILES string of the molecule is N#CCC1(n2cc(C(N)=O)c(Nc3ccc(F)cc3)n2)CCN(Cc2ccnc3c2C=CC3)CC1. The molecule has 1 fully saturated rings. The summed E-state index contributed by atoms with van der Waals surface area (Å²) in [6.07, 6.45) is 10.3. The minimum absolute atomic E-state index is 0.230. The number of primary amides is 1. The summed E-state index contributed by atoms with van der Waals surface area (Å²) in [7, 11) is 0. The number of likely N-dealkylation sites (tertiary alicyclic amines) is 1. The number of aromatic nitrogens is 3. The Hall–Kier alpha value is -4.03. The first kappa shape index (κ1) is 22.7. The van der Waals surface area contributed by atoms with Gasteiger partial charge in [-0.1, -0.05) is 12.2 Å². The number of benzene rings is 1. The Kier molecular flexibility index (Phi) is 6.05. The number of nitriles is 1. The molecule has 3 aromatic rings. The highest BCUT2D eigenvalue weighted by Gasteiger charge is 2.38. The van der Waals surface area contributed by atoms with Crippen LogP contribution in [0.25, 0.3) is 6.08 Å². The first-order valence-electron chi connectivity index (χ1n) is 11.6. The number of nitrogens with one attached hydrogen (secondary N) is 1. The van der Waals surface area contributed by atoms with Crippen LogP contribution in [0.5, 0.6) is 0 Å². The lowest BCUT2D eigenvalue weighted by molar-refractivity contribution is 0.0967. The number of halogens is 1. The van der Waals surface area contributed by atoms with E-state index in [1.807, 2.05) is 6.20 Å². The Bertz CT molecular complexity index is 1310. The van der Waals surface area contributed by atoms with Crippen LogP contribution < -0.4 is 11.1 Å². The number of rotatable bonds is 7. The highest BCUT2D eigenvalue weighted by Crippen LogP contribution is 2.36. The molecule has 178 valence electrons. The van der Waals surface area contributed by atoms with Crippen LogP contribution in [-0.2, 0) is 18.5 Å². The fourth-order valence-corrected chi connectivity index (χ4v) is 4.92. The summed E-state index contributed by atoms with van der Waals surface area (Å²) in [6, 6.07) is 10.2. The molecule has 0 unspecified atom stereocenters. The van der Waals surface area contributed by atoms with Crippen LogP contribution in [0.15, 0.2) is 48.8 Å². The van der Waals surface area contributed by atoms with E-state index >= 15 is 0 Å². The molecule has 2 aromatic heterocycles. The molecule has 0 bridgehead atoms. The Balaban J connectivity index is 1.36. The first-order valence-corrected chi connectivity index (χ1v) is 11.6. The standard InChI is InChI=1S/C26H26FN7O/c27-19-4-6-20(7-5-19)31-25-22(24(29)35)17-34(32-25)26(9-12-28)10-14-33(15-11-26)16-18-8-13-30-23-3-1-2-21(18)23/h1-2,4-8,13,17H,3,9-11,14-16H2,(H2,29,35)(H,31,32). The average molecular weight is 472 g/mol. The van der Waals surface area contributed by atoms with Crippen LogP contribution in [-0.4, -0.2) is 38.7 Å². The number of nitrogens with zero attached hydrogens (tertiary/aromatic N) is 5. The molecular formula is C26H26FN7O. The summed E-state index contributed by atoms with van der Waals surface area (Å²) < 4.78 is 15.0. The van der Waals surface area contributed by atoms with Gasteiger partial charge in [-0.15, -0.1) is 0 Å². The van der Waals surface area contributed by atoms with Crippen molar-refractivity contribution in [2.45, 2.75) is 37.8 Å². The van der Waals surface area contributed by atoms with Gasteiger partial charge in [-0.2, -0.15) is 10.4 Å². The number of anilines is 2. The normalized spacial score (nSPS) is 16.6. The highest BCUT2D eigenvalue weighted by atomic mass is 19.1. The van der Waals surface area contributed by atoms with Gasteiger partial charge in [-0.05, 0) is 48.7 Å². The molecule has 1 aromatic carbocycles. The van der Waals surface area contributed by atoms with Gasteiger partial charge in [-0.3, -0.25) is 19.4 Å². The van der Waals surface area contributed by atoms with E-state index in [0.29, 0.717) is 24.3 Å². The Morgan fingerprint density at radius 3 is 2.71 bits per heavy atom. The number of hydrogen-bond acceptors (Lipinski definition) is 6. The molecule has 0 spiro atoms. The van der Waals surface area contributed by atoms with Gasteiger partial charge in [0, 0.05) is 49.7 Å². The summed E-state index contributed by atoms with van der Waals surface area (Å²) in [4.78, 5) is 19.0. The number of nitrogens with two attached hydrogens (primary N) is 1. The number of carbonyl (C=O) groups excluding carboxylic acids is 1. The summed E-state index contributed by atoms with van der Waals surface area (Å²) in [6.45, 7) is 2.39. The number of piperidine rings is 1. The molecule has 1 aliphatic heterocycles. The zero-order valence-corrected chi connectivity index (χ0v) is 19.2. The Morgan fingerprint density at radius 1 is 1.23 bits per heavy atom. The maximum atomic E-state index is 13.3. The maximum absolute atomic E-state index is 13.3. The fraction of sp³-hybridized carbons (Fsp3) is 0.308. The molecule has 9 heteroatoms.